The zero-order valence-electron chi connectivity index (χ0n) is 10.5. The topological polar surface area (TPSA) is 42.2 Å². The summed E-state index contributed by atoms with van der Waals surface area (Å²) < 4.78 is 6.14. The van der Waals surface area contributed by atoms with E-state index in [1.807, 2.05) is 32.9 Å². The first-order valence-corrected chi connectivity index (χ1v) is 6.40. The van der Waals surface area contributed by atoms with E-state index in [-0.39, 0.29) is 5.91 Å². The summed E-state index contributed by atoms with van der Waals surface area (Å²) in [5.41, 5.74) is 3.43. The summed E-state index contributed by atoms with van der Waals surface area (Å²) in [6.45, 7) is 5.74. The Labute approximate surface area is 114 Å². The number of amides is 1. The molecule has 0 aliphatic rings. The van der Waals surface area contributed by atoms with Crippen LogP contribution in [0.5, 0.6) is 0 Å². The molecule has 18 heavy (non-hydrogen) atoms. The van der Waals surface area contributed by atoms with Gasteiger partial charge in [-0.05, 0) is 50.1 Å². The number of furan rings is 1. The molecule has 0 radical (unpaired) electrons. The van der Waals surface area contributed by atoms with E-state index in [4.69, 9.17) is 4.42 Å². The lowest BCUT2D eigenvalue weighted by Crippen LogP contribution is -2.13. The number of rotatable bonds is 2. The highest BCUT2D eigenvalue weighted by Crippen LogP contribution is 2.25. The van der Waals surface area contributed by atoms with Crippen LogP contribution >= 0.6 is 15.9 Å². The third-order valence-electron chi connectivity index (χ3n) is 2.73. The smallest absolute Gasteiger partial charge is 0.258 e. The van der Waals surface area contributed by atoms with Gasteiger partial charge in [0.1, 0.15) is 12.0 Å². The molecule has 0 aliphatic heterocycles. The summed E-state index contributed by atoms with van der Waals surface area (Å²) in [4.78, 5) is 12.0. The quantitative estimate of drug-likeness (QED) is 0.902. The zero-order chi connectivity index (χ0) is 13.3. The van der Waals surface area contributed by atoms with Crippen molar-refractivity contribution >= 4 is 27.5 Å². The van der Waals surface area contributed by atoms with E-state index in [9.17, 15) is 4.79 Å². The standard InChI is InChI=1S/C14H14BrNO2/c1-8-4-12(15)5-9(2)13(8)16-14(17)11-6-10(3)18-7-11/h4-7H,1-3H3,(H,16,17). The summed E-state index contributed by atoms with van der Waals surface area (Å²) in [6.07, 6.45) is 1.47. The monoisotopic (exact) mass is 307 g/mol. The number of benzene rings is 1. The molecular formula is C14H14BrNO2. The molecular weight excluding hydrogens is 294 g/mol. The molecule has 2 rings (SSSR count). The molecule has 0 aliphatic carbocycles. The summed E-state index contributed by atoms with van der Waals surface area (Å²) in [6, 6.07) is 5.67. The molecule has 0 unspecified atom stereocenters. The molecule has 1 N–H and O–H groups in total. The normalized spacial score (nSPS) is 10.4. The van der Waals surface area contributed by atoms with Gasteiger partial charge in [-0.3, -0.25) is 4.79 Å². The van der Waals surface area contributed by atoms with Gasteiger partial charge in [-0.15, -0.1) is 0 Å². The Morgan fingerprint density at radius 1 is 1.17 bits per heavy atom. The van der Waals surface area contributed by atoms with Crippen LogP contribution in [0.15, 0.2) is 33.4 Å². The van der Waals surface area contributed by atoms with Crippen molar-refractivity contribution in [3.63, 3.8) is 0 Å². The Hall–Kier alpha value is -1.55. The van der Waals surface area contributed by atoms with Crippen LogP contribution in [0.2, 0.25) is 0 Å². The second-order valence-corrected chi connectivity index (χ2v) is 5.23. The maximum absolute atomic E-state index is 12.0. The van der Waals surface area contributed by atoms with Crippen molar-refractivity contribution in [2.45, 2.75) is 20.8 Å². The van der Waals surface area contributed by atoms with Crippen molar-refractivity contribution in [2.75, 3.05) is 5.32 Å². The van der Waals surface area contributed by atoms with Gasteiger partial charge in [0.05, 0.1) is 5.56 Å². The first-order chi connectivity index (χ1) is 8.47. The molecule has 0 fully saturated rings. The van der Waals surface area contributed by atoms with E-state index in [1.54, 1.807) is 6.07 Å². The molecule has 4 heteroatoms. The molecule has 1 aromatic heterocycles. The maximum Gasteiger partial charge on any atom is 0.258 e. The number of halogens is 1. The third kappa shape index (κ3) is 2.64. The number of hydrogen-bond donors (Lipinski definition) is 1. The molecule has 2 aromatic rings. The highest BCUT2D eigenvalue weighted by atomic mass is 79.9. The van der Waals surface area contributed by atoms with Gasteiger partial charge in [0.25, 0.3) is 5.91 Å². The van der Waals surface area contributed by atoms with Crippen molar-refractivity contribution in [2.24, 2.45) is 0 Å². The molecule has 94 valence electrons. The van der Waals surface area contributed by atoms with Crippen LogP contribution in [0.25, 0.3) is 0 Å². The fourth-order valence-corrected chi connectivity index (χ4v) is 2.54. The van der Waals surface area contributed by atoms with Crippen LogP contribution < -0.4 is 5.32 Å². The molecule has 0 saturated carbocycles. The molecule has 0 saturated heterocycles. The second-order valence-electron chi connectivity index (χ2n) is 4.31. The van der Waals surface area contributed by atoms with Gasteiger partial charge in [0.2, 0.25) is 0 Å². The van der Waals surface area contributed by atoms with Gasteiger partial charge >= 0.3 is 0 Å². The van der Waals surface area contributed by atoms with Gasteiger partial charge < -0.3 is 9.73 Å². The lowest BCUT2D eigenvalue weighted by atomic mass is 10.1. The first-order valence-electron chi connectivity index (χ1n) is 5.60. The van der Waals surface area contributed by atoms with Crippen LogP contribution in [0.4, 0.5) is 5.69 Å². The first kappa shape index (κ1) is 12.9. The second kappa shape index (κ2) is 4.98. The van der Waals surface area contributed by atoms with Crippen molar-refractivity contribution in [1.82, 2.24) is 0 Å². The number of nitrogens with one attached hydrogen (secondary N) is 1. The molecule has 3 nitrogen and oxygen atoms in total. The van der Waals surface area contributed by atoms with Crippen LogP contribution in [0.3, 0.4) is 0 Å². The molecule has 1 amide bonds. The van der Waals surface area contributed by atoms with Crippen molar-refractivity contribution in [1.29, 1.82) is 0 Å². The third-order valence-corrected chi connectivity index (χ3v) is 3.19. The van der Waals surface area contributed by atoms with Gasteiger partial charge in [0, 0.05) is 10.2 Å². The van der Waals surface area contributed by atoms with E-state index in [0.29, 0.717) is 5.56 Å². The predicted octanol–water partition coefficient (Wildman–Crippen LogP) is 4.22. The Morgan fingerprint density at radius 3 is 2.28 bits per heavy atom. The van der Waals surface area contributed by atoms with E-state index >= 15 is 0 Å². The van der Waals surface area contributed by atoms with Crippen molar-refractivity contribution in [3.05, 3.63) is 51.4 Å². The largest absolute Gasteiger partial charge is 0.469 e. The van der Waals surface area contributed by atoms with E-state index in [1.165, 1.54) is 6.26 Å². The predicted molar refractivity (Wildman–Crippen MR) is 75.0 cm³/mol. The fraction of sp³-hybridized carbons (Fsp3) is 0.214. The fourth-order valence-electron chi connectivity index (χ4n) is 1.86. The average Bonchev–Trinajstić information content (AvgIpc) is 2.70. The summed E-state index contributed by atoms with van der Waals surface area (Å²) in [5.74, 6) is 0.574. The number of hydrogen-bond acceptors (Lipinski definition) is 2. The van der Waals surface area contributed by atoms with E-state index < -0.39 is 0 Å². The van der Waals surface area contributed by atoms with Crippen LogP contribution in [0.1, 0.15) is 27.2 Å². The van der Waals surface area contributed by atoms with Gasteiger partial charge in [-0.2, -0.15) is 0 Å². The van der Waals surface area contributed by atoms with Crippen LogP contribution in [-0.2, 0) is 0 Å². The van der Waals surface area contributed by atoms with Gasteiger partial charge in [-0.1, -0.05) is 15.9 Å². The number of carbonyl (C=O) groups is 1. The molecule has 0 spiro atoms. The van der Waals surface area contributed by atoms with E-state index in [0.717, 1.165) is 27.0 Å². The summed E-state index contributed by atoms with van der Waals surface area (Å²) in [7, 11) is 0. The molecule has 0 bridgehead atoms. The minimum Gasteiger partial charge on any atom is -0.469 e. The average molecular weight is 308 g/mol. The van der Waals surface area contributed by atoms with Crippen LogP contribution in [-0.4, -0.2) is 5.91 Å². The summed E-state index contributed by atoms with van der Waals surface area (Å²) in [5, 5.41) is 2.92. The Morgan fingerprint density at radius 2 is 1.78 bits per heavy atom. The SMILES string of the molecule is Cc1cc(C(=O)Nc2c(C)cc(Br)cc2C)co1. The van der Waals surface area contributed by atoms with Crippen molar-refractivity contribution < 1.29 is 9.21 Å². The van der Waals surface area contributed by atoms with E-state index in [2.05, 4.69) is 21.2 Å². The summed E-state index contributed by atoms with van der Waals surface area (Å²) >= 11 is 3.43. The molecule has 1 aromatic carbocycles. The minimum absolute atomic E-state index is 0.152. The number of anilines is 1. The number of carbonyl (C=O) groups excluding carboxylic acids is 1. The Bertz CT molecular complexity index is 579. The minimum atomic E-state index is -0.152. The van der Waals surface area contributed by atoms with Gasteiger partial charge in [0.15, 0.2) is 0 Å². The zero-order valence-corrected chi connectivity index (χ0v) is 12.1. The number of aryl methyl sites for hydroxylation is 3. The lowest BCUT2D eigenvalue weighted by molar-refractivity contribution is 0.102. The Kier molecular flexibility index (Phi) is 3.57. The highest BCUT2D eigenvalue weighted by molar-refractivity contribution is 9.10. The maximum atomic E-state index is 12.0. The lowest BCUT2D eigenvalue weighted by Gasteiger charge is -2.11. The Balaban J connectivity index is 2.27. The van der Waals surface area contributed by atoms with Crippen molar-refractivity contribution in [3.8, 4) is 0 Å². The van der Waals surface area contributed by atoms with Gasteiger partial charge in [-0.25, -0.2) is 0 Å². The van der Waals surface area contributed by atoms with Crippen LogP contribution in [0, 0.1) is 20.8 Å². The molecule has 0 atom stereocenters. The highest BCUT2D eigenvalue weighted by Gasteiger charge is 2.12. The molecule has 1 heterocycles.